The summed E-state index contributed by atoms with van der Waals surface area (Å²) in [5.74, 6) is 0. The van der Waals surface area contributed by atoms with Crippen LogP contribution in [0.3, 0.4) is 0 Å². The topological polar surface area (TPSA) is 17.8 Å². The molecule has 0 spiro atoms. The van der Waals surface area contributed by atoms with E-state index in [2.05, 4.69) is 11.6 Å². The Morgan fingerprint density at radius 3 is 3.00 bits per heavy atom. The summed E-state index contributed by atoms with van der Waals surface area (Å²) in [6.07, 6.45) is 9.20. The fraction of sp³-hybridized carbons (Fsp3) is 0.125. The summed E-state index contributed by atoms with van der Waals surface area (Å²) in [7, 11) is 0. The molecule has 0 aliphatic carbocycles. The molecule has 0 aromatic carbocycles. The Balaban J connectivity index is 2.78. The van der Waals surface area contributed by atoms with Gasteiger partial charge in [0.2, 0.25) is 0 Å². The van der Waals surface area contributed by atoms with Crippen LogP contribution in [0.2, 0.25) is 0 Å². The SMILES string of the molecule is C=C(C=CC)n1ccnc1. The first-order chi connectivity index (χ1) is 4.84. The van der Waals surface area contributed by atoms with Crippen molar-refractivity contribution in [1.82, 2.24) is 9.55 Å². The molecule has 1 heterocycles. The second-order valence-corrected chi connectivity index (χ2v) is 1.96. The molecule has 1 aromatic heterocycles. The number of nitrogens with zero attached hydrogens (tertiary/aromatic N) is 2. The highest BCUT2D eigenvalue weighted by Crippen LogP contribution is 2.00. The van der Waals surface area contributed by atoms with E-state index >= 15 is 0 Å². The summed E-state index contributed by atoms with van der Waals surface area (Å²) >= 11 is 0. The first kappa shape index (κ1) is 6.81. The summed E-state index contributed by atoms with van der Waals surface area (Å²) in [6, 6.07) is 0. The van der Waals surface area contributed by atoms with Gasteiger partial charge in [0.05, 0.1) is 6.33 Å². The standard InChI is InChI=1S/C8H10N2/c1-3-4-8(2)10-6-5-9-7-10/h3-7H,2H2,1H3. The normalized spacial score (nSPS) is 10.5. The van der Waals surface area contributed by atoms with Crippen LogP contribution in [0, 0.1) is 0 Å². The molecular formula is C8H10N2. The lowest BCUT2D eigenvalue weighted by Crippen LogP contribution is -1.86. The first-order valence-corrected chi connectivity index (χ1v) is 3.14. The Bertz CT molecular complexity index is 232. The molecule has 1 rings (SSSR count). The number of rotatable bonds is 2. The molecule has 0 aliphatic rings. The molecule has 0 saturated carbocycles. The van der Waals surface area contributed by atoms with Crippen LogP contribution >= 0.6 is 0 Å². The maximum absolute atomic E-state index is 3.89. The molecule has 0 saturated heterocycles. The molecule has 0 aliphatic heterocycles. The third kappa shape index (κ3) is 1.35. The lowest BCUT2D eigenvalue weighted by Gasteiger charge is -1.97. The quantitative estimate of drug-likeness (QED) is 0.565. The van der Waals surface area contributed by atoms with Crippen LogP contribution < -0.4 is 0 Å². The van der Waals surface area contributed by atoms with Gasteiger partial charge in [-0.25, -0.2) is 4.98 Å². The third-order valence-corrected chi connectivity index (χ3v) is 1.20. The van der Waals surface area contributed by atoms with Crippen molar-refractivity contribution in [3.05, 3.63) is 37.5 Å². The monoisotopic (exact) mass is 134 g/mol. The summed E-state index contributed by atoms with van der Waals surface area (Å²) in [5.41, 5.74) is 0.931. The number of allylic oxidation sites excluding steroid dienone is 3. The van der Waals surface area contributed by atoms with E-state index in [0.29, 0.717) is 0 Å². The van der Waals surface area contributed by atoms with E-state index in [1.54, 1.807) is 12.5 Å². The Morgan fingerprint density at radius 2 is 2.50 bits per heavy atom. The predicted octanol–water partition coefficient (Wildman–Crippen LogP) is 1.93. The lowest BCUT2D eigenvalue weighted by atomic mass is 10.4. The molecule has 0 amide bonds. The zero-order chi connectivity index (χ0) is 7.40. The third-order valence-electron chi connectivity index (χ3n) is 1.20. The number of imidazole rings is 1. The summed E-state index contributed by atoms with van der Waals surface area (Å²) in [5, 5.41) is 0. The summed E-state index contributed by atoms with van der Waals surface area (Å²) < 4.78 is 1.86. The zero-order valence-corrected chi connectivity index (χ0v) is 5.99. The molecule has 0 fully saturated rings. The van der Waals surface area contributed by atoms with Crippen molar-refractivity contribution in [2.45, 2.75) is 6.92 Å². The Hall–Kier alpha value is -1.31. The predicted molar refractivity (Wildman–Crippen MR) is 42.4 cm³/mol. The van der Waals surface area contributed by atoms with E-state index in [1.807, 2.05) is 29.8 Å². The fourth-order valence-corrected chi connectivity index (χ4v) is 0.707. The van der Waals surface area contributed by atoms with Crippen LogP contribution in [0.5, 0.6) is 0 Å². The van der Waals surface area contributed by atoms with Crippen LogP contribution in [0.15, 0.2) is 37.5 Å². The molecule has 0 radical (unpaired) electrons. The van der Waals surface area contributed by atoms with E-state index in [9.17, 15) is 0 Å². The molecule has 10 heavy (non-hydrogen) atoms. The van der Waals surface area contributed by atoms with Gasteiger partial charge in [-0.15, -0.1) is 0 Å². The van der Waals surface area contributed by atoms with E-state index in [-0.39, 0.29) is 0 Å². The highest BCUT2D eigenvalue weighted by molar-refractivity contribution is 5.53. The van der Waals surface area contributed by atoms with Crippen molar-refractivity contribution < 1.29 is 0 Å². The zero-order valence-electron chi connectivity index (χ0n) is 5.99. The Morgan fingerprint density at radius 1 is 1.70 bits per heavy atom. The second-order valence-electron chi connectivity index (χ2n) is 1.96. The van der Waals surface area contributed by atoms with Crippen LogP contribution in [0.25, 0.3) is 5.70 Å². The number of hydrogen-bond acceptors (Lipinski definition) is 1. The van der Waals surface area contributed by atoms with Gasteiger partial charge >= 0.3 is 0 Å². The van der Waals surface area contributed by atoms with Gasteiger partial charge in [0.25, 0.3) is 0 Å². The van der Waals surface area contributed by atoms with Crippen LogP contribution in [-0.4, -0.2) is 9.55 Å². The molecular weight excluding hydrogens is 124 g/mol. The van der Waals surface area contributed by atoms with Crippen LogP contribution in [0.4, 0.5) is 0 Å². The van der Waals surface area contributed by atoms with Crippen molar-refractivity contribution in [1.29, 1.82) is 0 Å². The minimum absolute atomic E-state index is 0.931. The number of aromatic nitrogens is 2. The first-order valence-electron chi connectivity index (χ1n) is 3.14. The molecule has 52 valence electrons. The van der Waals surface area contributed by atoms with Crippen molar-refractivity contribution >= 4 is 5.70 Å². The molecule has 0 unspecified atom stereocenters. The lowest BCUT2D eigenvalue weighted by molar-refractivity contribution is 1.10. The van der Waals surface area contributed by atoms with Gasteiger partial charge in [-0.1, -0.05) is 12.7 Å². The van der Waals surface area contributed by atoms with Gasteiger partial charge < -0.3 is 4.57 Å². The molecule has 0 N–H and O–H groups in total. The Labute approximate surface area is 60.5 Å². The van der Waals surface area contributed by atoms with Gasteiger partial charge in [0, 0.05) is 18.1 Å². The molecule has 0 atom stereocenters. The average molecular weight is 134 g/mol. The van der Waals surface area contributed by atoms with E-state index in [4.69, 9.17) is 0 Å². The highest BCUT2D eigenvalue weighted by Gasteiger charge is 1.87. The van der Waals surface area contributed by atoms with Crippen molar-refractivity contribution in [3.8, 4) is 0 Å². The van der Waals surface area contributed by atoms with E-state index in [1.165, 1.54) is 0 Å². The molecule has 2 heteroatoms. The minimum Gasteiger partial charge on any atom is -0.307 e. The van der Waals surface area contributed by atoms with Crippen molar-refractivity contribution in [2.75, 3.05) is 0 Å². The maximum atomic E-state index is 3.89. The average Bonchev–Trinajstić information content (AvgIpc) is 2.38. The van der Waals surface area contributed by atoms with Gasteiger partial charge in [0.1, 0.15) is 0 Å². The van der Waals surface area contributed by atoms with Gasteiger partial charge in [-0.2, -0.15) is 0 Å². The molecule has 1 aromatic rings. The molecule has 0 bridgehead atoms. The highest BCUT2D eigenvalue weighted by atomic mass is 15.0. The molecule has 2 nitrogen and oxygen atoms in total. The Kier molecular flexibility index (Phi) is 2.05. The van der Waals surface area contributed by atoms with Crippen molar-refractivity contribution in [2.24, 2.45) is 0 Å². The van der Waals surface area contributed by atoms with Crippen molar-refractivity contribution in [3.63, 3.8) is 0 Å². The van der Waals surface area contributed by atoms with Gasteiger partial charge in [0.15, 0.2) is 0 Å². The second kappa shape index (κ2) is 3.01. The van der Waals surface area contributed by atoms with E-state index in [0.717, 1.165) is 5.70 Å². The smallest absolute Gasteiger partial charge is 0.0991 e. The minimum atomic E-state index is 0.931. The maximum Gasteiger partial charge on any atom is 0.0991 e. The number of hydrogen-bond donors (Lipinski definition) is 0. The van der Waals surface area contributed by atoms with Gasteiger partial charge in [-0.05, 0) is 13.0 Å². The summed E-state index contributed by atoms with van der Waals surface area (Å²) in [6.45, 7) is 5.78. The van der Waals surface area contributed by atoms with Crippen LogP contribution in [0.1, 0.15) is 6.92 Å². The van der Waals surface area contributed by atoms with E-state index < -0.39 is 0 Å². The largest absolute Gasteiger partial charge is 0.307 e. The fourth-order valence-electron chi connectivity index (χ4n) is 0.707. The summed E-state index contributed by atoms with van der Waals surface area (Å²) in [4.78, 5) is 3.89. The van der Waals surface area contributed by atoms with Gasteiger partial charge in [-0.3, -0.25) is 0 Å². The van der Waals surface area contributed by atoms with Crippen LogP contribution in [-0.2, 0) is 0 Å².